The summed E-state index contributed by atoms with van der Waals surface area (Å²) in [7, 11) is -3.84. The van der Waals surface area contributed by atoms with Crippen LogP contribution < -0.4 is 0 Å². The fourth-order valence-electron chi connectivity index (χ4n) is 2.01. The minimum atomic E-state index is -3.84. The molecular formula is C13H15ClN2O3S. The third-order valence-corrected chi connectivity index (χ3v) is 4.51. The molecule has 0 N–H and O–H groups in total. The molecule has 2 rings (SSSR count). The Balaban J connectivity index is 2.50. The van der Waals surface area contributed by atoms with Gasteiger partial charge in [-0.3, -0.25) is 4.18 Å². The minimum Gasteiger partial charge on any atom is -0.265 e. The van der Waals surface area contributed by atoms with Crippen molar-refractivity contribution >= 4 is 21.7 Å². The average Bonchev–Trinajstić information content (AvgIpc) is 2.73. The standard InChI is InChI=1S/C13H15ClN2O3S/c1-10-13(20(17,18)19-9-8-14)11(2)16(15-10)12-6-4-3-5-7-12/h3-7H,8-9H2,1-2H3. The minimum absolute atomic E-state index is 0.0563. The number of rotatable bonds is 5. The van der Waals surface area contributed by atoms with Crippen LogP contribution in [0.5, 0.6) is 0 Å². The first kappa shape index (κ1) is 15.0. The molecule has 1 aromatic heterocycles. The first-order chi connectivity index (χ1) is 9.47. The molecular weight excluding hydrogens is 300 g/mol. The molecule has 108 valence electrons. The third-order valence-electron chi connectivity index (χ3n) is 2.79. The summed E-state index contributed by atoms with van der Waals surface area (Å²) in [5.41, 5.74) is 1.72. The normalized spacial score (nSPS) is 11.8. The van der Waals surface area contributed by atoms with E-state index in [4.69, 9.17) is 15.8 Å². The molecule has 2 aromatic rings. The maximum absolute atomic E-state index is 12.1. The van der Waals surface area contributed by atoms with Gasteiger partial charge in [-0.05, 0) is 26.0 Å². The van der Waals surface area contributed by atoms with Gasteiger partial charge in [0.2, 0.25) is 0 Å². The number of hydrogen-bond donors (Lipinski definition) is 0. The summed E-state index contributed by atoms with van der Waals surface area (Å²) in [6, 6.07) is 9.33. The number of aryl methyl sites for hydroxylation is 1. The Morgan fingerprint density at radius 2 is 1.90 bits per heavy atom. The number of para-hydroxylation sites is 1. The molecule has 0 saturated carbocycles. The largest absolute Gasteiger partial charge is 0.300 e. The van der Waals surface area contributed by atoms with Gasteiger partial charge in [0.05, 0.1) is 23.7 Å². The summed E-state index contributed by atoms with van der Waals surface area (Å²) < 4.78 is 30.7. The van der Waals surface area contributed by atoms with Crippen molar-refractivity contribution in [2.45, 2.75) is 18.7 Å². The number of benzene rings is 1. The highest BCUT2D eigenvalue weighted by Gasteiger charge is 2.25. The smallest absolute Gasteiger partial charge is 0.265 e. The summed E-state index contributed by atoms with van der Waals surface area (Å²) in [6.45, 7) is 3.28. The van der Waals surface area contributed by atoms with E-state index >= 15 is 0 Å². The molecule has 0 aliphatic rings. The molecule has 0 unspecified atom stereocenters. The molecule has 1 aromatic carbocycles. The molecule has 0 atom stereocenters. The third kappa shape index (κ3) is 2.87. The molecule has 0 fully saturated rings. The quantitative estimate of drug-likeness (QED) is 0.628. The van der Waals surface area contributed by atoms with E-state index in [2.05, 4.69) is 5.10 Å². The van der Waals surface area contributed by atoms with E-state index in [1.807, 2.05) is 30.3 Å². The van der Waals surface area contributed by atoms with Crippen molar-refractivity contribution in [1.82, 2.24) is 9.78 Å². The number of hydrogen-bond acceptors (Lipinski definition) is 4. The molecule has 0 spiro atoms. The summed E-state index contributed by atoms with van der Waals surface area (Å²) in [4.78, 5) is 0.103. The van der Waals surface area contributed by atoms with Gasteiger partial charge in [-0.1, -0.05) is 18.2 Å². The van der Waals surface area contributed by atoms with E-state index in [0.717, 1.165) is 5.69 Å². The molecule has 20 heavy (non-hydrogen) atoms. The Labute approximate surface area is 123 Å². The Morgan fingerprint density at radius 3 is 2.50 bits per heavy atom. The summed E-state index contributed by atoms with van der Waals surface area (Å²) >= 11 is 5.47. The predicted molar refractivity (Wildman–Crippen MR) is 76.9 cm³/mol. The van der Waals surface area contributed by atoms with Crippen molar-refractivity contribution in [2.24, 2.45) is 0 Å². The van der Waals surface area contributed by atoms with Gasteiger partial charge in [-0.15, -0.1) is 11.6 Å². The molecule has 0 amide bonds. The molecule has 0 aliphatic carbocycles. The fourth-order valence-corrected chi connectivity index (χ4v) is 3.45. The van der Waals surface area contributed by atoms with Crippen molar-refractivity contribution < 1.29 is 12.6 Å². The lowest BCUT2D eigenvalue weighted by Crippen LogP contribution is -2.10. The molecule has 1 heterocycles. The van der Waals surface area contributed by atoms with Gasteiger partial charge in [0.25, 0.3) is 0 Å². The van der Waals surface area contributed by atoms with Crippen LogP contribution in [0.2, 0.25) is 0 Å². The lowest BCUT2D eigenvalue weighted by atomic mass is 10.3. The Morgan fingerprint density at radius 1 is 1.25 bits per heavy atom. The van der Waals surface area contributed by atoms with Crippen molar-refractivity contribution in [2.75, 3.05) is 12.5 Å². The first-order valence-electron chi connectivity index (χ1n) is 6.04. The number of halogens is 1. The highest BCUT2D eigenvalue weighted by atomic mass is 35.5. The molecule has 0 saturated heterocycles. The highest BCUT2D eigenvalue weighted by Crippen LogP contribution is 2.24. The number of alkyl halides is 1. The zero-order valence-electron chi connectivity index (χ0n) is 11.2. The van der Waals surface area contributed by atoms with Gasteiger partial charge in [0.15, 0.2) is 0 Å². The second-order valence-electron chi connectivity index (χ2n) is 4.21. The maximum Gasteiger partial charge on any atom is 0.300 e. The second-order valence-corrected chi connectivity index (χ2v) is 6.14. The van der Waals surface area contributed by atoms with Crippen molar-refractivity contribution in [3.05, 3.63) is 41.7 Å². The van der Waals surface area contributed by atoms with Crippen LogP contribution >= 0.6 is 11.6 Å². The van der Waals surface area contributed by atoms with E-state index in [0.29, 0.717) is 11.4 Å². The lowest BCUT2D eigenvalue weighted by molar-refractivity contribution is 0.339. The van der Waals surface area contributed by atoms with Crippen LogP contribution in [0.25, 0.3) is 5.69 Å². The summed E-state index contributed by atoms with van der Waals surface area (Å²) in [5.74, 6) is 0.115. The maximum atomic E-state index is 12.1. The van der Waals surface area contributed by atoms with Gasteiger partial charge in [0, 0.05) is 5.88 Å². The molecule has 5 nitrogen and oxygen atoms in total. The predicted octanol–water partition coefficient (Wildman–Crippen LogP) is 2.43. The van der Waals surface area contributed by atoms with E-state index in [-0.39, 0.29) is 17.4 Å². The second kappa shape index (κ2) is 5.95. The van der Waals surface area contributed by atoms with Crippen molar-refractivity contribution in [3.8, 4) is 5.69 Å². The molecule has 0 aliphatic heterocycles. The van der Waals surface area contributed by atoms with E-state index in [9.17, 15) is 8.42 Å². The first-order valence-corrected chi connectivity index (χ1v) is 7.98. The van der Waals surface area contributed by atoms with Gasteiger partial charge in [-0.25, -0.2) is 4.68 Å². The van der Waals surface area contributed by atoms with E-state index < -0.39 is 10.1 Å². The van der Waals surface area contributed by atoms with Crippen LogP contribution in [0.1, 0.15) is 11.4 Å². The van der Waals surface area contributed by atoms with Gasteiger partial charge in [-0.2, -0.15) is 13.5 Å². The van der Waals surface area contributed by atoms with Crippen LogP contribution in [0, 0.1) is 13.8 Å². The lowest BCUT2D eigenvalue weighted by Gasteiger charge is -2.06. The zero-order valence-corrected chi connectivity index (χ0v) is 12.8. The molecule has 0 radical (unpaired) electrons. The average molecular weight is 315 g/mol. The summed E-state index contributed by atoms with van der Waals surface area (Å²) in [6.07, 6.45) is 0. The molecule has 0 bridgehead atoms. The molecule has 7 heteroatoms. The van der Waals surface area contributed by atoms with E-state index in [1.54, 1.807) is 18.5 Å². The van der Waals surface area contributed by atoms with E-state index in [1.165, 1.54) is 0 Å². The Kier molecular flexibility index (Phi) is 4.47. The monoisotopic (exact) mass is 314 g/mol. The van der Waals surface area contributed by atoms with Crippen molar-refractivity contribution in [1.29, 1.82) is 0 Å². The Bertz CT molecular complexity index is 696. The van der Waals surface area contributed by atoms with Gasteiger partial charge < -0.3 is 0 Å². The highest BCUT2D eigenvalue weighted by molar-refractivity contribution is 7.86. The fraction of sp³-hybridized carbons (Fsp3) is 0.308. The SMILES string of the molecule is Cc1nn(-c2ccccc2)c(C)c1S(=O)(=O)OCCCl. The zero-order chi connectivity index (χ0) is 14.8. The van der Waals surface area contributed by atoms with Crippen molar-refractivity contribution in [3.63, 3.8) is 0 Å². The van der Waals surface area contributed by atoms with Crippen LogP contribution in [-0.4, -0.2) is 30.7 Å². The number of aromatic nitrogens is 2. The van der Waals surface area contributed by atoms with Crippen LogP contribution in [0.15, 0.2) is 35.2 Å². The van der Waals surface area contributed by atoms with Crippen LogP contribution in [0.3, 0.4) is 0 Å². The number of nitrogens with zero attached hydrogens (tertiary/aromatic N) is 2. The van der Waals surface area contributed by atoms with Gasteiger partial charge >= 0.3 is 10.1 Å². The topological polar surface area (TPSA) is 61.2 Å². The van der Waals surface area contributed by atoms with Crippen LogP contribution in [-0.2, 0) is 14.3 Å². The van der Waals surface area contributed by atoms with Gasteiger partial charge in [0.1, 0.15) is 4.90 Å². The van der Waals surface area contributed by atoms with Crippen LogP contribution in [0.4, 0.5) is 0 Å². The summed E-state index contributed by atoms with van der Waals surface area (Å²) in [5, 5.41) is 4.28. The Hall–Kier alpha value is -1.37.